The first-order valence-electron chi connectivity index (χ1n) is 9.16. The van der Waals surface area contributed by atoms with Crippen molar-refractivity contribution in [3.63, 3.8) is 0 Å². The number of methoxy groups -OCH3 is 1. The fourth-order valence-electron chi connectivity index (χ4n) is 2.98. The number of carbonyl (C=O) groups is 1. The van der Waals surface area contributed by atoms with Gasteiger partial charge in [0.05, 0.1) is 29.8 Å². The number of para-hydroxylation sites is 2. The normalized spacial score (nSPS) is 11.4. The summed E-state index contributed by atoms with van der Waals surface area (Å²) in [6.45, 7) is 0. The second kappa shape index (κ2) is 9.99. The molecule has 1 heterocycles. The van der Waals surface area contributed by atoms with E-state index in [0.29, 0.717) is 22.8 Å². The minimum absolute atomic E-state index is 0.182. The average Bonchev–Trinajstić information content (AvgIpc) is 3.24. The molecule has 0 saturated carbocycles. The van der Waals surface area contributed by atoms with Gasteiger partial charge >= 0.3 is 0 Å². The van der Waals surface area contributed by atoms with Gasteiger partial charge in [0.2, 0.25) is 0 Å². The Hall–Kier alpha value is -3.52. The summed E-state index contributed by atoms with van der Waals surface area (Å²) in [6, 6.07) is 20.3. The average molecular weight is 446 g/mol. The number of ether oxygens (including phenoxy) is 1. The topological polar surface area (TPSA) is 79.3 Å². The van der Waals surface area contributed by atoms with Crippen molar-refractivity contribution in [1.29, 1.82) is 5.26 Å². The maximum atomic E-state index is 12.8. The second-order valence-electron chi connectivity index (χ2n) is 6.39. The van der Waals surface area contributed by atoms with E-state index in [-0.39, 0.29) is 11.5 Å². The van der Waals surface area contributed by atoms with Crippen LogP contribution in [0.25, 0.3) is 0 Å². The molecule has 1 aliphatic rings. The van der Waals surface area contributed by atoms with Gasteiger partial charge in [0, 0.05) is 21.0 Å². The SMILES string of the molecule is C#Cc1cc(C(=O)N2CSc3ccccc32)cc(C#N)c1OC.Nc1ccccc1S. The van der Waals surface area contributed by atoms with E-state index in [1.165, 1.54) is 13.2 Å². The number of thiol groups is 1. The van der Waals surface area contributed by atoms with Crippen LogP contribution in [0.15, 0.2) is 70.5 Å². The van der Waals surface area contributed by atoms with Crippen LogP contribution >= 0.6 is 24.4 Å². The van der Waals surface area contributed by atoms with Crippen LogP contribution in [-0.2, 0) is 0 Å². The fraction of sp³-hybridized carbons (Fsp3) is 0.0833. The first-order valence-corrected chi connectivity index (χ1v) is 10.6. The molecule has 0 atom stereocenters. The molecule has 7 heteroatoms. The van der Waals surface area contributed by atoms with Crippen molar-refractivity contribution in [1.82, 2.24) is 0 Å². The zero-order valence-electron chi connectivity index (χ0n) is 16.7. The first-order chi connectivity index (χ1) is 15.0. The predicted molar refractivity (Wildman–Crippen MR) is 128 cm³/mol. The number of hydrogen-bond donors (Lipinski definition) is 2. The Morgan fingerprint density at radius 3 is 2.48 bits per heavy atom. The molecule has 4 rings (SSSR count). The summed E-state index contributed by atoms with van der Waals surface area (Å²) in [5, 5.41) is 9.27. The molecule has 154 valence electrons. The van der Waals surface area contributed by atoms with Crippen LogP contribution < -0.4 is 15.4 Å². The van der Waals surface area contributed by atoms with E-state index < -0.39 is 0 Å². The van der Waals surface area contributed by atoms with E-state index in [1.807, 2.05) is 54.6 Å². The number of nitrogens with zero attached hydrogens (tertiary/aromatic N) is 2. The molecule has 0 bridgehead atoms. The molecule has 3 aromatic carbocycles. The Kier molecular flexibility index (Phi) is 7.15. The monoisotopic (exact) mass is 445 g/mol. The smallest absolute Gasteiger partial charge is 0.259 e. The summed E-state index contributed by atoms with van der Waals surface area (Å²) in [6.07, 6.45) is 5.48. The minimum Gasteiger partial charge on any atom is -0.494 e. The molecular formula is C24H19N3O2S2. The molecule has 2 N–H and O–H groups in total. The maximum absolute atomic E-state index is 12.8. The lowest BCUT2D eigenvalue weighted by Crippen LogP contribution is -2.28. The van der Waals surface area contributed by atoms with Crippen molar-refractivity contribution in [2.75, 3.05) is 23.6 Å². The number of hydrogen-bond acceptors (Lipinski definition) is 6. The summed E-state index contributed by atoms with van der Waals surface area (Å²) in [7, 11) is 1.45. The molecule has 0 radical (unpaired) electrons. The van der Waals surface area contributed by atoms with Crippen LogP contribution in [0.2, 0.25) is 0 Å². The number of benzene rings is 3. The van der Waals surface area contributed by atoms with E-state index in [2.05, 4.69) is 18.5 Å². The van der Waals surface area contributed by atoms with Crippen LogP contribution in [0, 0.1) is 23.7 Å². The van der Waals surface area contributed by atoms with Gasteiger partial charge in [0.25, 0.3) is 5.91 Å². The lowest BCUT2D eigenvalue weighted by Gasteiger charge is -2.17. The van der Waals surface area contributed by atoms with Crippen molar-refractivity contribution in [2.45, 2.75) is 9.79 Å². The highest BCUT2D eigenvalue weighted by molar-refractivity contribution is 8.00. The number of nitrogens with two attached hydrogens (primary N) is 1. The van der Waals surface area contributed by atoms with Gasteiger partial charge in [-0.2, -0.15) is 5.26 Å². The lowest BCUT2D eigenvalue weighted by atomic mass is 10.0. The van der Waals surface area contributed by atoms with E-state index in [1.54, 1.807) is 22.7 Å². The van der Waals surface area contributed by atoms with Crippen molar-refractivity contribution < 1.29 is 9.53 Å². The standard InChI is InChI=1S/C18H12N2O2S.C6H7NS/c1-3-12-8-13(9-14(10-19)17(12)22-2)18(21)20-11-23-16-7-5-4-6-15(16)20;7-5-3-1-2-4-6(5)8/h1,4-9H,11H2,2H3;1-4,8H,7H2. The molecule has 1 aliphatic heterocycles. The highest BCUT2D eigenvalue weighted by atomic mass is 32.2. The summed E-state index contributed by atoms with van der Waals surface area (Å²) >= 11 is 5.67. The van der Waals surface area contributed by atoms with Gasteiger partial charge in [-0.15, -0.1) is 30.8 Å². The van der Waals surface area contributed by atoms with Gasteiger partial charge < -0.3 is 10.5 Å². The Labute approximate surface area is 191 Å². The van der Waals surface area contributed by atoms with Gasteiger partial charge in [0.15, 0.2) is 5.75 Å². The highest BCUT2D eigenvalue weighted by Gasteiger charge is 2.27. The molecule has 31 heavy (non-hydrogen) atoms. The number of carbonyl (C=O) groups excluding carboxylic acids is 1. The number of thioether (sulfide) groups is 1. The zero-order valence-corrected chi connectivity index (χ0v) is 18.4. The van der Waals surface area contributed by atoms with Gasteiger partial charge in [-0.1, -0.05) is 30.2 Å². The molecule has 3 aromatic rings. The molecule has 0 aromatic heterocycles. The van der Waals surface area contributed by atoms with Crippen LogP contribution in [-0.4, -0.2) is 18.9 Å². The summed E-state index contributed by atoms with van der Waals surface area (Å²) in [5.74, 6) is 3.15. The second-order valence-corrected chi connectivity index (χ2v) is 7.86. The molecule has 0 saturated heterocycles. The maximum Gasteiger partial charge on any atom is 0.259 e. The third-order valence-corrected chi connectivity index (χ3v) is 5.95. The fourth-order valence-corrected chi connectivity index (χ4v) is 4.17. The molecule has 0 unspecified atom stereocenters. The third kappa shape index (κ3) is 4.80. The molecule has 0 aliphatic carbocycles. The molecule has 0 spiro atoms. The Morgan fingerprint density at radius 1 is 1.19 bits per heavy atom. The van der Waals surface area contributed by atoms with Crippen molar-refractivity contribution in [3.05, 3.63) is 77.4 Å². The number of amides is 1. The van der Waals surface area contributed by atoms with Crippen molar-refractivity contribution in [3.8, 4) is 24.2 Å². The number of terminal acetylenes is 1. The molecule has 1 amide bonds. The number of nitriles is 1. The Balaban J connectivity index is 0.000000287. The van der Waals surface area contributed by atoms with E-state index in [4.69, 9.17) is 16.9 Å². The van der Waals surface area contributed by atoms with Gasteiger partial charge in [-0.25, -0.2) is 0 Å². The highest BCUT2D eigenvalue weighted by Crippen LogP contribution is 2.39. The Morgan fingerprint density at radius 2 is 1.87 bits per heavy atom. The van der Waals surface area contributed by atoms with Crippen LogP contribution in [0.1, 0.15) is 21.5 Å². The van der Waals surface area contributed by atoms with Crippen molar-refractivity contribution >= 4 is 41.7 Å². The predicted octanol–water partition coefficient (Wildman–Crippen LogP) is 4.82. The Bertz CT molecular complexity index is 1160. The van der Waals surface area contributed by atoms with E-state index in [0.717, 1.165) is 21.2 Å². The van der Waals surface area contributed by atoms with E-state index in [9.17, 15) is 10.1 Å². The number of anilines is 2. The number of nitrogen functional groups attached to an aromatic ring is 1. The van der Waals surface area contributed by atoms with Gasteiger partial charge in [-0.3, -0.25) is 9.69 Å². The summed E-state index contributed by atoms with van der Waals surface area (Å²) < 4.78 is 5.18. The van der Waals surface area contributed by atoms with E-state index >= 15 is 0 Å². The van der Waals surface area contributed by atoms with Crippen molar-refractivity contribution in [2.24, 2.45) is 0 Å². The number of rotatable bonds is 2. The minimum atomic E-state index is -0.182. The van der Waals surface area contributed by atoms with Crippen LogP contribution in [0.4, 0.5) is 11.4 Å². The number of fused-ring (bicyclic) bond motifs is 1. The summed E-state index contributed by atoms with van der Waals surface area (Å²) in [4.78, 5) is 16.4. The zero-order chi connectivity index (χ0) is 22.4. The molecule has 5 nitrogen and oxygen atoms in total. The third-order valence-electron chi connectivity index (χ3n) is 4.50. The largest absolute Gasteiger partial charge is 0.494 e. The molecular weight excluding hydrogens is 426 g/mol. The van der Waals surface area contributed by atoms with Crippen LogP contribution in [0.3, 0.4) is 0 Å². The lowest BCUT2D eigenvalue weighted by molar-refractivity contribution is 0.0992. The quantitative estimate of drug-likeness (QED) is 0.336. The molecule has 0 fully saturated rings. The summed E-state index contributed by atoms with van der Waals surface area (Å²) in [5.41, 5.74) is 8.09. The first kappa shape index (κ1) is 22.2. The van der Waals surface area contributed by atoms with Crippen LogP contribution in [0.5, 0.6) is 5.75 Å². The van der Waals surface area contributed by atoms with Gasteiger partial charge in [0.1, 0.15) is 6.07 Å². The van der Waals surface area contributed by atoms with Gasteiger partial charge in [-0.05, 0) is 36.4 Å².